The van der Waals surface area contributed by atoms with Crippen LogP contribution in [0.25, 0.3) is 22.7 Å². The van der Waals surface area contributed by atoms with E-state index >= 15 is 0 Å². The minimum atomic E-state index is -0.340. The van der Waals surface area contributed by atoms with Gasteiger partial charge in [0.15, 0.2) is 11.6 Å². The number of pyridine rings is 1. The Morgan fingerprint density at radius 2 is 2.06 bits per heavy atom. The number of hydrogen-bond acceptors (Lipinski definition) is 6. The number of benzene rings is 1. The summed E-state index contributed by atoms with van der Waals surface area (Å²) in [5.41, 5.74) is 2.58. The summed E-state index contributed by atoms with van der Waals surface area (Å²) in [6.45, 7) is 2.69. The summed E-state index contributed by atoms with van der Waals surface area (Å²) in [7, 11) is 1.87. The Bertz CT molecular complexity index is 1310. The Hall–Kier alpha value is -3.75. The van der Waals surface area contributed by atoms with Crippen LogP contribution < -0.4 is 10.5 Å². The third-order valence-electron chi connectivity index (χ3n) is 5.65. The molecule has 5 rings (SSSR count). The number of H-pyrrole nitrogens is 1. The van der Waals surface area contributed by atoms with Crippen molar-refractivity contribution in [1.29, 1.82) is 0 Å². The molecule has 4 heterocycles. The van der Waals surface area contributed by atoms with Crippen LogP contribution in [-0.2, 0) is 7.05 Å². The molecule has 0 amide bonds. The van der Waals surface area contributed by atoms with Gasteiger partial charge in [0, 0.05) is 37.5 Å². The van der Waals surface area contributed by atoms with Crippen LogP contribution in [0.4, 0.5) is 10.3 Å². The summed E-state index contributed by atoms with van der Waals surface area (Å²) in [4.78, 5) is 16.4. The third-order valence-corrected chi connectivity index (χ3v) is 5.65. The molecule has 4 aromatic rings. The van der Waals surface area contributed by atoms with Gasteiger partial charge in [0.05, 0.1) is 11.6 Å². The van der Waals surface area contributed by atoms with E-state index < -0.39 is 0 Å². The first-order valence-electron chi connectivity index (χ1n) is 10.1. The predicted octanol–water partition coefficient (Wildman–Crippen LogP) is 3.61. The van der Waals surface area contributed by atoms with Crippen LogP contribution in [0.15, 0.2) is 51.9 Å². The molecular formula is C22H21FN6O2. The fourth-order valence-electron chi connectivity index (χ4n) is 4.12. The number of halogens is 1. The van der Waals surface area contributed by atoms with Crippen molar-refractivity contribution >= 4 is 5.95 Å². The smallest absolute Gasteiger partial charge is 0.248 e. The van der Waals surface area contributed by atoms with E-state index in [4.69, 9.17) is 4.52 Å². The first-order chi connectivity index (χ1) is 15.0. The van der Waals surface area contributed by atoms with Crippen molar-refractivity contribution in [3.63, 3.8) is 0 Å². The van der Waals surface area contributed by atoms with E-state index in [1.807, 2.05) is 18.5 Å². The molecule has 9 heteroatoms. The Morgan fingerprint density at radius 1 is 1.19 bits per heavy atom. The molecular weight excluding hydrogens is 399 g/mol. The average Bonchev–Trinajstić information content (AvgIpc) is 3.48. The molecule has 0 aliphatic carbocycles. The summed E-state index contributed by atoms with van der Waals surface area (Å²) >= 11 is 0. The van der Waals surface area contributed by atoms with Gasteiger partial charge in [0.2, 0.25) is 11.5 Å². The van der Waals surface area contributed by atoms with Gasteiger partial charge in [-0.1, -0.05) is 16.8 Å². The number of aromatic amines is 1. The number of aryl methyl sites for hydroxylation is 1. The molecule has 31 heavy (non-hydrogen) atoms. The number of nitrogens with zero attached hydrogens (tertiary/aromatic N) is 5. The molecule has 0 radical (unpaired) electrons. The topological polar surface area (TPSA) is 92.8 Å². The van der Waals surface area contributed by atoms with Crippen molar-refractivity contribution in [3.05, 3.63) is 70.0 Å². The zero-order valence-corrected chi connectivity index (χ0v) is 17.2. The Balaban J connectivity index is 1.47. The molecule has 1 saturated heterocycles. The molecule has 0 spiro atoms. The van der Waals surface area contributed by atoms with Gasteiger partial charge in [-0.2, -0.15) is 0 Å². The lowest BCUT2D eigenvalue weighted by Gasteiger charge is -2.23. The van der Waals surface area contributed by atoms with E-state index in [-0.39, 0.29) is 17.4 Å². The van der Waals surface area contributed by atoms with Crippen LogP contribution in [0.2, 0.25) is 0 Å². The summed E-state index contributed by atoms with van der Waals surface area (Å²) < 4.78 is 21.7. The van der Waals surface area contributed by atoms with Crippen molar-refractivity contribution in [3.8, 4) is 22.7 Å². The highest BCUT2D eigenvalue weighted by Crippen LogP contribution is 2.37. The van der Waals surface area contributed by atoms with E-state index in [1.165, 1.54) is 12.1 Å². The number of aromatic nitrogens is 5. The van der Waals surface area contributed by atoms with Gasteiger partial charge in [0.25, 0.3) is 0 Å². The maximum Gasteiger partial charge on any atom is 0.248 e. The minimum Gasteiger partial charge on any atom is -0.356 e. The molecule has 1 aliphatic rings. The fourth-order valence-corrected chi connectivity index (χ4v) is 4.12. The van der Waals surface area contributed by atoms with Crippen LogP contribution in [0.3, 0.4) is 0 Å². The maximum atomic E-state index is 14.3. The van der Waals surface area contributed by atoms with E-state index in [0.717, 1.165) is 30.6 Å². The molecule has 1 aromatic carbocycles. The van der Waals surface area contributed by atoms with Gasteiger partial charge in [-0.3, -0.25) is 9.36 Å². The molecule has 0 saturated carbocycles. The van der Waals surface area contributed by atoms with Gasteiger partial charge in [0.1, 0.15) is 11.5 Å². The Labute approximate surface area is 177 Å². The van der Waals surface area contributed by atoms with Crippen molar-refractivity contribution in [1.82, 2.24) is 24.9 Å². The highest BCUT2D eigenvalue weighted by atomic mass is 19.1. The summed E-state index contributed by atoms with van der Waals surface area (Å²) in [5.74, 6) is 1.36. The van der Waals surface area contributed by atoms with Gasteiger partial charge in [-0.25, -0.2) is 4.39 Å². The second kappa shape index (κ2) is 7.50. The lowest BCUT2D eigenvalue weighted by Crippen LogP contribution is -2.25. The van der Waals surface area contributed by atoms with Crippen LogP contribution in [0, 0.1) is 12.7 Å². The Morgan fingerprint density at radius 3 is 2.90 bits per heavy atom. The highest BCUT2D eigenvalue weighted by molar-refractivity contribution is 5.60. The first kappa shape index (κ1) is 19.2. The number of rotatable bonds is 4. The molecule has 8 nitrogen and oxygen atoms in total. The molecule has 1 aliphatic heterocycles. The van der Waals surface area contributed by atoms with Crippen molar-refractivity contribution < 1.29 is 8.91 Å². The molecule has 0 bridgehead atoms. The SMILES string of the molecule is Cc1ccc(F)c(-c2cc([C@H]3CCCN3c3nnc(-c4cc[nH]c(=O)c4)n3C)no2)c1. The quantitative estimate of drug-likeness (QED) is 0.542. The molecule has 1 N–H and O–H groups in total. The summed E-state index contributed by atoms with van der Waals surface area (Å²) in [6.07, 6.45) is 3.42. The van der Waals surface area contributed by atoms with Crippen molar-refractivity contribution in [2.45, 2.75) is 25.8 Å². The average molecular weight is 420 g/mol. The van der Waals surface area contributed by atoms with E-state index in [9.17, 15) is 9.18 Å². The van der Waals surface area contributed by atoms with E-state index in [0.29, 0.717) is 28.7 Å². The monoisotopic (exact) mass is 420 g/mol. The molecule has 1 fully saturated rings. The fraction of sp³-hybridized carbons (Fsp3) is 0.273. The molecule has 1 atom stereocenters. The molecule has 158 valence electrons. The summed E-state index contributed by atoms with van der Waals surface area (Å²) in [5, 5.41) is 12.9. The lowest BCUT2D eigenvalue weighted by molar-refractivity contribution is 0.414. The normalized spacial score (nSPS) is 16.2. The molecule has 0 unspecified atom stereocenters. The lowest BCUT2D eigenvalue weighted by atomic mass is 10.1. The predicted molar refractivity (Wildman–Crippen MR) is 113 cm³/mol. The van der Waals surface area contributed by atoms with Gasteiger partial charge < -0.3 is 14.4 Å². The van der Waals surface area contributed by atoms with Crippen LogP contribution in [0.5, 0.6) is 0 Å². The van der Waals surface area contributed by atoms with E-state index in [2.05, 4.69) is 25.2 Å². The number of nitrogens with one attached hydrogen (secondary N) is 1. The van der Waals surface area contributed by atoms with Gasteiger partial charge in [-0.05, 0) is 38.0 Å². The maximum absolute atomic E-state index is 14.3. The van der Waals surface area contributed by atoms with Crippen LogP contribution in [0.1, 0.15) is 30.1 Å². The second-order valence-corrected chi connectivity index (χ2v) is 7.77. The zero-order chi connectivity index (χ0) is 21.5. The molecule has 3 aromatic heterocycles. The van der Waals surface area contributed by atoms with Gasteiger partial charge in [-0.15, -0.1) is 10.2 Å². The van der Waals surface area contributed by atoms with Crippen LogP contribution >= 0.6 is 0 Å². The Kier molecular flexibility index (Phi) is 4.65. The van der Waals surface area contributed by atoms with Crippen molar-refractivity contribution in [2.24, 2.45) is 7.05 Å². The number of anilines is 1. The first-order valence-corrected chi connectivity index (χ1v) is 10.1. The van der Waals surface area contributed by atoms with Crippen molar-refractivity contribution in [2.75, 3.05) is 11.4 Å². The largest absolute Gasteiger partial charge is 0.356 e. The van der Waals surface area contributed by atoms with Crippen LogP contribution in [-0.4, -0.2) is 31.4 Å². The highest BCUT2D eigenvalue weighted by Gasteiger charge is 2.32. The zero-order valence-electron chi connectivity index (χ0n) is 17.2. The third kappa shape index (κ3) is 3.41. The number of hydrogen-bond donors (Lipinski definition) is 1. The van der Waals surface area contributed by atoms with E-state index in [1.54, 1.807) is 30.5 Å². The summed E-state index contributed by atoms with van der Waals surface area (Å²) in [6, 6.07) is 9.94. The minimum absolute atomic E-state index is 0.0553. The standard InChI is InChI=1S/C22H21FN6O2/c1-13-5-6-16(23)15(10-13)19-12-17(27-31-19)18-4-3-9-29(18)22-26-25-21(28(22)2)14-7-8-24-20(30)11-14/h5-8,10-12,18H,3-4,9H2,1-2H3,(H,24,30)/t18-/m1/s1. The second-order valence-electron chi connectivity index (χ2n) is 7.77. The van der Waals surface area contributed by atoms with Gasteiger partial charge >= 0.3 is 0 Å².